The molecule has 2 aromatic carbocycles. The molecule has 0 aromatic heterocycles. The molecule has 98 valence electrons. The van der Waals surface area contributed by atoms with E-state index in [9.17, 15) is 4.79 Å². The number of carbonyl (C=O) groups excluding carboxylic acids is 1. The molecule has 0 saturated carbocycles. The van der Waals surface area contributed by atoms with E-state index in [4.69, 9.17) is 11.6 Å². The third kappa shape index (κ3) is 4.30. The zero-order valence-corrected chi connectivity index (χ0v) is 11.9. The average molecular weight is 292 g/mol. The van der Waals surface area contributed by atoms with Gasteiger partial charge in [-0.1, -0.05) is 41.9 Å². The van der Waals surface area contributed by atoms with E-state index < -0.39 is 0 Å². The monoisotopic (exact) mass is 291 g/mol. The van der Waals surface area contributed by atoms with Crippen molar-refractivity contribution in [2.75, 3.05) is 5.32 Å². The van der Waals surface area contributed by atoms with Crippen LogP contribution >= 0.6 is 24.2 Å². The van der Waals surface area contributed by atoms with Crippen molar-refractivity contribution in [2.45, 2.75) is 17.7 Å². The van der Waals surface area contributed by atoms with Gasteiger partial charge in [0.2, 0.25) is 5.91 Å². The molecule has 0 saturated heterocycles. The summed E-state index contributed by atoms with van der Waals surface area (Å²) in [6.07, 6.45) is 1.18. The minimum atomic E-state index is -0.0149. The van der Waals surface area contributed by atoms with Gasteiger partial charge < -0.3 is 5.32 Å². The number of halogens is 1. The molecule has 19 heavy (non-hydrogen) atoms. The van der Waals surface area contributed by atoms with E-state index >= 15 is 0 Å². The van der Waals surface area contributed by atoms with Gasteiger partial charge in [-0.2, -0.15) is 0 Å². The molecule has 0 atom stereocenters. The van der Waals surface area contributed by atoms with E-state index in [1.165, 1.54) is 0 Å². The number of rotatable bonds is 4. The van der Waals surface area contributed by atoms with Crippen LogP contribution in [0.4, 0.5) is 5.69 Å². The van der Waals surface area contributed by atoms with Gasteiger partial charge in [0.25, 0.3) is 0 Å². The van der Waals surface area contributed by atoms with Gasteiger partial charge in [-0.3, -0.25) is 4.79 Å². The summed E-state index contributed by atoms with van der Waals surface area (Å²) in [5.41, 5.74) is 1.87. The first-order valence-electron chi connectivity index (χ1n) is 5.97. The van der Waals surface area contributed by atoms with Crippen molar-refractivity contribution >= 4 is 35.8 Å². The average Bonchev–Trinajstić information content (AvgIpc) is 2.42. The lowest BCUT2D eigenvalue weighted by atomic mass is 10.1. The van der Waals surface area contributed by atoms with E-state index in [1.54, 1.807) is 18.2 Å². The summed E-state index contributed by atoms with van der Waals surface area (Å²) in [7, 11) is 0. The van der Waals surface area contributed by atoms with E-state index in [0.717, 1.165) is 12.0 Å². The topological polar surface area (TPSA) is 29.1 Å². The van der Waals surface area contributed by atoms with Crippen molar-refractivity contribution in [3.05, 3.63) is 59.1 Å². The van der Waals surface area contributed by atoms with Crippen LogP contribution in [-0.2, 0) is 11.2 Å². The minimum absolute atomic E-state index is 0.0149. The van der Waals surface area contributed by atoms with Crippen LogP contribution in [0, 0.1) is 0 Å². The number of thiol groups is 1. The van der Waals surface area contributed by atoms with Crippen molar-refractivity contribution in [2.24, 2.45) is 0 Å². The minimum Gasteiger partial charge on any atom is -0.326 e. The highest BCUT2D eigenvalue weighted by molar-refractivity contribution is 7.80. The summed E-state index contributed by atoms with van der Waals surface area (Å²) in [5.74, 6) is -0.0149. The Morgan fingerprint density at radius 1 is 1.16 bits per heavy atom. The molecule has 0 fully saturated rings. The van der Waals surface area contributed by atoms with Gasteiger partial charge >= 0.3 is 0 Å². The second-order valence-electron chi connectivity index (χ2n) is 4.20. The fourth-order valence-corrected chi connectivity index (χ4v) is 2.05. The Bertz CT molecular complexity index is 572. The summed E-state index contributed by atoms with van der Waals surface area (Å²) < 4.78 is 0. The largest absolute Gasteiger partial charge is 0.326 e. The summed E-state index contributed by atoms with van der Waals surface area (Å²) in [6, 6.07) is 15.2. The molecule has 1 amide bonds. The highest BCUT2D eigenvalue weighted by Gasteiger charge is 2.04. The van der Waals surface area contributed by atoms with Gasteiger partial charge in [-0.05, 0) is 30.2 Å². The maximum Gasteiger partial charge on any atom is 0.224 e. The Hall–Kier alpha value is -1.45. The molecule has 1 N–H and O–H groups in total. The number of nitrogens with one attached hydrogen (secondary N) is 1. The second-order valence-corrected chi connectivity index (χ2v) is 5.09. The maximum absolute atomic E-state index is 11.8. The molecule has 0 aliphatic rings. The number of amides is 1. The first-order valence-corrected chi connectivity index (χ1v) is 6.80. The predicted octanol–water partition coefficient (Wildman–Crippen LogP) is 4.20. The summed E-state index contributed by atoms with van der Waals surface area (Å²) in [5, 5.41) is 3.41. The predicted molar refractivity (Wildman–Crippen MR) is 82.1 cm³/mol. The number of carbonyl (C=O) groups is 1. The molecule has 2 nitrogen and oxygen atoms in total. The summed E-state index contributed by atoms with van der Waals surface area (Å²) >= 11 is 10.1. The van der Waals surface area contributed by atoms with Gasteiger partial charge in [0.05, 0.1) is 5.02 Å². The summed E-state index contributed by atoms with van der Waals surface area (Å²) in [4.78, 5) is 12.5. The van der Waals surface area contributed by atoms with E-state index in [1.807, 2.05) is 30.3 Å². The summed E-state index contributed by atoms with van der Waals surface area (Å²) in [6.45, 7) is 0. The number of anilines is 1. The van der Waals surface area contributed by atoms with E-state index in [2.05, 4.69) is 17.9 Å². The van der Waals surface area contributed by atoms with E-state index in [0.29, 0.717) is 22.0 Å². The smallest absolute Gasteiger partial charge is 0.224 e. The SMILES string of the molecule is O=C(CCc1ccccc1)Nc1ccc(Cl)c(S)c1. The first kappa shape index (κ1) is 14.0. The third-order valence-corrected chi connectivity index (χ3v) is 3.54. The van der Waals surface area contributed by atoms with Crippen molar-refractivity contribution in [1.82, 2.24) is 0 Å². The van der Waals surface area contributed by atoms with Crippen LogP contribution in [-0.4, -0.2) is 5.91 Å². The molecule has 0 radical (unpaired) electrons. The molecule has 0 heterocycles. The van der Waals surface area contributed by atoms with Gasteiger partial charge in [0.1, 0.15) is 0 Å². The Morgan fingerprint density at radius 3 is 2.58 bits per heavy atom. The highest BCUT2D eigenvalue weighted by Crippen LogP contribution is 2.23. The Labute approximate surface area is 123 Å². The lowest BCUT2D eigenvalue weighted by molar-refractivity contribution is -0.116. The number of benzene rings is 2. The number of hydrogen-bond acceptors (Lipinski definition) is 2. The molecular formula is C15H14ClNOS. The highest BCUT2D eigenvalue weighted by atomic mass is 35.5. The van der Waals surface area contributed by atoms with Crippen LogP contribution in [0.3, 0.4) is 0 Å². The van der Waals surface area contributed by atoms with Crippen molar-refractivity contribution < 1.29 is 4.79 Å². The molecule has 0 unspecified atom stereocenters. The van der Waals surface area contributed by atoms with Gasteiger partial charge in [-0.25, -0.2) is 0 Å². The van der Waals surface area contributed by atoms with Crippen molar-refractivity contribution in [3.63, 3.8) is 0 Å². The number of hydrogen-bond donors (Lipinski definition) is 2. The normalized spacial score (nSPS) is 10.2. The van der Waals surface area contributed by atoms with Gasteiger partial charge in [0.15, 0.2) is 0 Å². The fourth-order valence-electron chi connectivity index (χ4n) is 1.72. The van der Waals surface area contributed by atoms with Crippen LogP contribution in [0.25, 0.3) is 0 Å². The molecule has 0 bridgehead atoms. The number of aryl methyl sites for hydroxylation is 1. The standard InChI is InChI=1S/C15H14ClNOS/c16-13-8-7-12(10-14(13)19)17-15(18)9-6-11-4-2-1-3-5-11/h1-5,7-8,10,19H,6,9H2,(H,17,18). The lowest BCUT2D eigenvalue weighted by Crippen LogP contribution is -2.12. The van der Waals surface area contributed by atoms with E-state index in [-0.39, 0.29) is 5.91 Å². The zero-order chi connectivity index (χ0) is 13.7. The lowest BCUT2D eigenvalue weighted by Gasteiger charge is -2.06. The zero-order valence-electron chi connectivity index (χ0n) is 10.3. The molecule has 0 aliphatic heterocycles. The molecular weight excluding hydrogens is 278 g/mol. The van der Waals surface area contributed by atoms with Gasteiger partial charge in [0, 0.05) is 17.0 Å². The fraction of sp³-hybridized carbons (Fsp3) is 0.133. The Balaban J connectivity index is 1.89. The van der Waals surface area contributed by atoms with Crippen LogP contribution in [0.15, 0.2) is 53.4 Å². The van der Waals surface area contributed by atoms with Crippen LogP contribution in [0.2, 0.25) is 5.02 Å². The second kappa shape index (κ2) is 6.64. The maximum atomic E-state index is 11.8. The first-order chi connectivity index (χ1) is 9.15. The van der Waals surface area contributed by atoms with Gasteiger partial charge in [-0.15, -0.1) is 12.6 Å². The third-order valence-electron chi connectivity index (χ3n) is 2.71. The van der Waals surface area contributed by atoms with Crippen molar-refractivity contribution in [3.8, 4) is 0 Å². The molecule has 2 aromatic rings. The van der Waals surface area contributed by atoms with Crippen molar-refractivity contribution in [1.29, 1.82) is 0 Å². The molecule has 4 heteroatoms. The van der Waals surface area contributed by atoms with Crippen LogP contribution in [0.5, 0.6) is 0 Å². The Kier molecular flexibility index (Phi) is 4.88. The van der Waals surface area contributed by atoms with Crippen LogP contribution < -0.4 is 5.32 Å². The van der Waals surface area contributed by atoms with Crippen LogP contribution in [0.1, 0.15) is 12.0 Å². The molecule has 2 rings (SSSR count). The Morgan fingerprint density at radius 2 is 1.89 bits per heavy atom. The quantitative estimate of drug-likeness (QED) is 0.812. The molecule has 0 aliphatic carbocycles. The molecule has 0 spiro atoms.